The maximum absolute atomic E-state index is 9.57. The molecule has 0 saturated carbocycles. The van der Waals surface area contributed by atoms with Crippen LogP contribution in [-0.2, 0) is 4.79 Å². The van der Waals surface area contributed by atoms with Gasteiger partial charge in [-0.05, 0) is 6.92 Å². The van der Waals surface area contributed by atoms with Crippen molar-refractivity contribution in [2.45, 2.75) is 13.0 Å². The topological polar surface area (TPSA) is 63.3 Å². The molecule has 0 aliphatic rings. The standard InChI is InChI=1S/C3H7NO2.Po.2H/c1-2(4)3(5)6;;;/h2H,4H2,1H3,(H,5,6);;;/t2-;;;/m0.../s1. The van der Waals surface area contributed by atoms with E-state index < -0.39 is 12.0 Å². The summed E-state index contributed by atoms with van der Waals surface area (Å²) in [5.74, 6) is -0.963. The number of carboxylic acids is 1. The second-order valence-electron chi connectivity index (χ2n) is 1.13. The van der Waals surface area contributed by atoms with Crippen LogP contribution in [0.15, 0.2) is 0 Å². The molecular weight excluding hydrogens is 291 g/mol. The van der Waals surface area contributed by atoms with E-state index in [1.165, 1.54) is 6.92 Å². The number of rotatable bonds is 1. The average molecular weight is 300 g/mol. The molecule has 44 valence electrons. The molecular formula is C3H9NO2Po. The molecule has 3 N–H and O–H groups in total. The van der Waals surface area contributed by atoms with Crippen LogP contribution < -0.4 is 5.73 Å². The number of carbonyl (C=O) groups is 1. The van der Waals surface area contributed by atoms with Gasteiger partial charge in [0.25, 0.3) is 0 Å². The molecule has 3 nitrogen and oxygen atoms in total. The number of nitrogens with two attached hydrogens (primary N) is 1. The summed E-state index contributed by atoms with van der Waals surface area (Å²) in [7, 11) is 0. The van der Waals surface area contributed by atoms with Gasteiger partial charge in [-0.3, -0.25) is 4.79 Å². The number of hydrogen-bond acceptors (Lipinski definition) is 2. The molecule has 7 heavy (non-hydrogen) atoms. The zero-order valence-corrected chi connectivity index (χ0v) is 7.90. The summed E-state index contributed by atoms with van der Waals surface area (Å²) < 4.78 is 0. The molecule has 0 aromatic carbocycles. The zero-order chi connectivity index (χ0) is 5.15. The van der Waals surface area contributed by atoms with Gasteiger partial charge in [0.15, 0.2) is 0 Å². The van der Waals surface area contributed by atoms with Crippen LogP contribution in [0.25, 0.3) is 0 Å². The molecule has 0 unspecified atom stereocenters. The van der Waals surface area contributed by atoms with E-state index in [2.05, 4.69) is 0 Å². The van der Waals surface area contributed by atoms with Crippen molar-refractivity contribution < 1.29 is 9.90 Å². The Morgan fingerprint density at radius 3 is 2.00 bits per heavy atom. The molecule has 0 saturated heterocycles. The van der Waals surface area contributed by atoms with Crippen LogP contribution in [-0.4, -0.2) is 43.7 Å². The second-order valence-corrected chi connectivity index (χ2v) is 1.13. The first-order chi connectivity index (χ1) is 2.64. The van der Waals surface area contributed by atoms with Gasteiger partial charge in [-0.1, -0.05) is 0 Å². The van der Waals surface area contributed by atoms with Crippen molar-refractivity contribution in [2.75, 3.05) is 0 Å². The molecule has 0 aromatic heterocycles. The van der Waals surface area contributed by atoms with E-state index in [-0.39, 0.29) is 26.6 Å². The summed E-state index contributed by atoms with van der Waals surface area (Å²) >= 11 is 0. The molecule has 1 atom stereocenters. The number of aliphatic carboxylic acids is 1. The van der Waals surface area contributed by atoms with Gasteiger partial charge in [-0.25, -0.2) is 0 Å². The molecule has 0 aliphatic heterocycles. The summed E-state index contributed by atoms with van der Waals surface area (Å²) in [4.78, 5) is 9.57. The van der Waals surface area contributed by atoms with Crippen molar-refractivity contribution in [3.63, 3.8) is 0 Å². The van der Waals surface area contributed by atoms with Gasteiger partial charge in [-0.2, -0.15) is 0 Å². The molecule has 4 heteroatoms. The third-order valence-corrected chi connectivity index (χ3v) is 0.390. The Bertz CT molecular complexity index is 64.0. The van der Waals surface area contributed by atoms with Crippen molar-refractivity contribution >= 4 is 32.5 Å². The van der Waals surface area contributed by atoms with Crippen LogP contribution >= 0.6 is 0 Å². The second kappa shape index (κ2) is 4.48. The molecule has 0 heterocycles. The van der Waals surface area contributed by atoms with Crippen LogP contribution in [0.5, 0.6) is 0 Å². The summed E-state index contributed by atoms with van der Waals surface area (Å²) in [6.45, 7) is 1.42. The van der Waals surface area contributed by atoms with Crippen LogP contribution in [0.3, 0.4) is 0 Å². The van der Waals surface area contributed by atoms with Gasteiger partial charge in [0.1, 0.15) is 6.04 Å². The van der Waals surface area contributed by atoms with E-state index in [4.69, 9.17) is 10.8 Å². The third kappa shape index (κ3) is 6.33. The summed E-state index contributed by atoms with van der Waals surface area (Å²) in [5.41, 5.74) is 4.84. The molecule has 0 aliphatic carbocycles. The predicted octanol–water partition coefficient (Wildman–Crippen LogP) is -1.50. The van der Waals surface area contributed by atoms with Crippen molar-refractivity contribution in [2.24, 2.45) is 5.73 Å². The predicted molar refractivity (Wildman–Crippen MR) is 29.8 cm³/mol. The van der Waals surface area contributed by atoms with Gasteiger partial charge in [0, 0.05) is 0 Å². The minimum atomic E-state index is -0.963. The number of hydrogen-bond donors (Lipinski definition) is 2. The Hall–Kier alpha value is 0.326. The average Bonchev–Trinajstić information content (AvgIpc) is 1.36. The van der Waals surface area contributed by atoms with Crippen LogP contribution in [0.1, 0.15) is 6.92 Å². The fourth-order valence-electron chi connectivity index (χ4n) is 0. The molecule has 0 bridgehead atoms. The van der Waals surface area contributed by atoms with Gasteiger partial charge in [0.05, 0.1) is 0 Å². The van der Waals surface area contributed by atoms with E-state index in [9.17, 15) is 4.79 Å². The van der Waals surface area contributed by atoms with Crippen LogP contribution in [0, 0.1) is 0 Å². The Labute approximate surface area is 61.4 Å². The van der Waals surface area contributed by atoms with Crippen LogP contribution in [0.2, 0.25) is 0 Å². The Morgan fingerprint density at radius 2 is 2.00 bits per heavy atom. The normalized spacial score (nSPS) is 11.7. The van der Waals surface area contributed by atoms with E-state index in [1.54, 1.807) is 0 Å². The van der Waals surface area contributed by atoms with Crippen molar-refractivity contribution in [3.05, 3.63) is 0 Å². The molecule has 0 fully saturated rings. The molecule has 0 aromatic rings. The SMILES string of the molecule is C[C@H](N)C(=O)O.[PoH2]. The van der Waals surface area contributed by atoms with E-state index in [0.29, 0.717) is 0 Å². The summed E-state index contributed by atoms with van der Waals surface area (Å²) in [6.07, 6.45) is 0. The zero-order valence-electron chi connectivity index (χ0n) is 4.01. The fourth-order valence-corrected chi connectivity index (χ4v) is 0. The minimum absolute atomic E-state index is 0. The van der Waals surface area contributed by atoms with Gasteiger partial charge >= 0.3 is 32.5 Å². The first-order valence-electron chi connectivity index (χ1n) is 1.63. The quantitative estimate of drug-likeness (QED) is 0.620. The molecule has 0 spiro atoms. The van der Waals surface area contributed by atoms with E-state index >= 15 is 0 Å². The number of carboxylic acid groups (broad SMARTS) is 1. The van der Waals surface area contributed by atoms with Crippen molar-refractivity contribution in [3.8, 4) is 0 Å². The van der Waals surface area contributed by atoms with Crippen LogP contribution in [0.4, 0.5) is 0 Å². The Morgan fingerprint density at radius 1 is 1.86 bits per heavy atom. The third-order valence-electron chi connectivity index (χ3n) is 0.390. The Kier molecular flexibility index (Phi) is 6.62. The summed E-state index contributed by atoms with van der Waals surface area (Å²) in [6, 6.07) is -0.731. The van der Waals surface area contributed by atoms with E-state index in [1.807, 2.05) is 0 Å². The molecule has 0 amide bonds. The fraction of sp³-hybridized carbons (Fsp3) is 0.667. The van der Waals surface area contributed by atoms with E-state index in [0.717, 1.165) is 0 Å². The molecule has 0 radical (unpaired) electrons. The van der Waals surface area contributed by atoms with Gasteiger partial charge in [0.2, 0.25) is 0 Å². The van der Waals surface area contributed by atoms with Gasteiger partial charge < -0.3 is 10.8 Å². The first-order valence-corrected chi connectivity index (χ1v) is 1.63. The Balaban J connectivity index is 0. The molecule has 0 rings (SSSR count). The van der Waals surface area contributed by atoms with Crippen molar-refractivity contribution in [1.29, 1.82) is 0 Å². The van der Waals surface area contributed by atoms with Crippen molar-refractivity contribution in [1.82, 2.24) is 0 Å². The van der Waals surface area contributed by atoms with Gasteiger partial charge in [-0.15, -0.1) is 0 Å². The maximum atomic E-state index is 9.57. The monoisotopic (exact) mass is 300 g/mol. The first kappa shape index (κ1) is 10.3. The summed E-state index contributed by atoms with van der Waals surface area (Å²) in [5, 5.41) is 7.87.